The van der Waals surface area contributed by atoms with Crippen LogP contribution in [0.3, 0.4) is 0 Å². The van der Waals surface area contributed by atoms with Crippen molar-refractivity contribution in [3.05, 3.63) is 46.8 Å². The first-order valence-corrected chi connectivity index (χ1v) is 7.17. The van der Waals surface area contributed by atoms with E-state index < -0.39 is 0 Å². The highest BCUT2D eigenvalue weighted by Gasteiger charge is 2.25. The van der Waals surface area contributed by atoms with Gasteiger partial charge in [-0.15, -0.1) is 0 Å². The molecule has 5 nitrogen and oxygen atoms in total. The lowest BCUT2D eigenvalue weighted by atomic mass is 9.95. The Morgan fingerprint density at radius 2 is 2.05 bits per heavy atom. The minimum absolute atomic E-state index is 0.00343. The summed E-state index contributed by atoms with van der Waals surface area (Å²) >= 11 is 0. The van der Waals surface area contributed by atoms with Crippen LogP contribution in [0.2, 0.25) is 0 Å². The predicted octanol–water partition coefficient (Wildman–Crippen LogP) is 1.69. The number of carbonyl (C=O) groups is 1. The maximum absolute atomic E-state index is 12.5. The van der Waals surface area contributed by atoms with E-state index in [-0.39, 0.29) is 11.9 Å². The quantitative estimate of drug-likeness (QED) is 0.882. The van der Waals surface area contributed by atoms with Gasteiger partial charge in [-0.25, -0.2) is 0 Å². The number of anilines is 1. The number of benzene rings is 1. The maximum Gasteiger partial charge on any atom is 0.241 e. The highest BCUT2D eigenvalue weighted by molar-refractivity contribution is 5.96. The van der Waals surface area contributed by atoms with Crippen LogP contribution < -0.4 is 10.6 Å². The van der Waals surface area contributed by atoms with E-state index in [0.717, 1.165) is 30.0 Å². The topological polar surface area (TPSA) is 59.0 Å². The van der Waals surface area contributed by atoms with Gasteiger partial charge in [-0.05, 0) is 31.4 Å². The molecule has 0 saturated carbocycles. The van der Waals surface area contributed by atoms with Crippen molar-refractivity contribution in [1.82, 2.24) is 15.1 Å². The van der Waals surface area contributed by atoms with Crippen LogP contribution in [0.15, 0.2) is 24.3 Å². The normalized spacial score (nSPS) is 17.4. The van der Waals surface area contributed by atoms with Crippen molar-refractivity contribution >= 4 is 11.6 Å². The SMILES string of the molecule is Cc1nn(C)c(C)c1NC(=O)C1Cc2ccccc2CN1. The molecule has 1 aromatic carbocycles. The standard InChI is InChI=1S/C16H20N4O/c1-10-15(11(2)20(3)19-10)18-16(21)14-8-12-6-4-5-7-13(12)9-17-14/h4-7,14,17H,8-9H2,1-3H3,(H,18,21). The average molecular weight is 284 g/mol. The van der Waals surface area contributed by atoms with Crippen molar-refractivity contribution in [3.63, 3.8) is 0 Å². The molecule has 1 aliphatic heterocycles. The predicted molar refractivity (Wildman–Crippen MR) is 82.1 cm³/mol. The van der Waals surface area contributed by atoms with Crippen molar-refractivity contribution in [2.24, 2.45) is 7.05 Å². The molecule has 0 aliphatic carbocycles. The summed E-state index contributed by atoms with van der Waals surface area (Å²) in [5.41, 5.74) is 5.16. The molecule has 0 spiro atoms. The Labute approximate surface area is 124 Å². The molecule has 0 fully saturated rings. The number of hydrogen-bond acceptors (Lipinski definition) is 3. The van der Waals surface area contributed by atoms with Crippen molar-refractivity contribution in [2.45, 2.75) is 32.9 Å². The molecule has 110 valence electrons. The van der Waals surface area contributed by atoms with Crippen LogP contribution in [0.4, 0.5) is 5.69 Å². The molecular formula is C16H20N4O. The molecule has 1 atom stereocenters. The van der Waals surface area contributed by atoms with E-state index in [1.54, 1.807) is 4.68 Å². The number of amides is 1. The second kappa shape index (κ2) is 5.33. The first-order valence-electron chi connectivity index (χ1n) is 7.17. The maximum atomic E-state index is 12.5. The van der Waals surface area contributed by atoms with Gasteiger partial charge in [-0.3, -0.25) is 9.48 Å². The highest BCUT2D eigenvalue weighted by atomic mass is 16.2. The third kappa shape index (κ3) is 2.56. The number of nitrogens with zero attached hydrogens (tertiary/aromatic N) is 2. The smallest absolute Gasteiger partial charge is 0.241 e. The van der Waals surface area contributed by atoms with Gasteiger partial charge >= 0.3 is 0 Å². The second-order valence-corrected chi connectivity index (χ2v) is 5.56. The molecule has 5 heteroatoms. The molecule has 2 heterocycles. The molecule has 1 amide bonds. The molecule has 0 saturated heterocycles. The highest BCUT2D eigenvalue weighted by Crippen LogP contribution is 2.21. The summed E-state index contributed by atoms with van der Waals surface area (Å²) in [7, 11) is 1.88. The molecule has 0 radical (unpaired) electrons. The largest absolute Gasteiger partial charge is 0.322 e. The van der Waals surface area contributed by atoms with Crippen LogP contribution in [0.5, 0.6) is 0 Å². The summed E-state index contributed by atoms with van der Waals surface area (Å²) in [5, 5.41) is 10.6. The third-order valence-corrected chi connectivity index (χ3v) is 4.16. The van der Waals surface area contributed by atoms with E-state index in [1.165, 1.54) is 11.1 Å². The van der Waals surface area contributed by atoms with Crippen molar-refractivity contribution in [3.8, 4) is 0 Å². The van der Waals surface area contributed by atoms with Crippen LogP contribution in [-0.4, -0.2) is 21.7 Å². The third-order valence-electron chi connectivity index (χ3n) is 4.16. The lowest BCUT2D eigenvalue weighted by Crippen LogP contribution is -2.44. The lowest BCUT2D eigenvalue weighted by Gasteiger charge is -2.25. The van der Waals surface area contributed by atoms with Gasteiger partial charge in [0.1, 0.15) is 0 Å². The first kappa shape index (κ1) is 13.8. The fourth-order valence-corrected chi connectivity index (χ4v) is 2.80. The molecule has 2 aromatic rings. The molecule has 21 heavy (non-hydrogen) atoms. The number of fused-ring (bicyclic) bond motifs is 1. The number of rotatable bonds is 2. The molecule has 1 aromatic heterocycles. The number of hydrogen-bond donors (Lipinski definition) is 2. The van der Waals surface area contributed by atoms with Gasteiger partial charge in [0.2, 0.25) is 5.91 Å². The number of aryl methyl sites for hydroxylation is 2. The van der Waals surface area contributed by atoms with E-state index in [0.29, 0.717) is 0 Å². The summed E-state index contributed by atoms with van der Waals surface area (Å²) in [6.45, 7) is 4.60. The van der Waals surface area contributed by atoms with Crippen molar-refractivity contribution in [2.75, 3.05) is 5.32 Å². The van der Waals surface area contributed by atoms with E-state index in [4.69, 9.17) is 0 Å². The lowest BCUT2D eigenvalue weighted by molar-refractivity contribution is -0.118. The summed E-state index contributed by atoms with van der Waals surface area (Å²) in [6, 6.07) is 8.06. The average Bonchev–Trinajstić information content (AvgIpc) is 2.73. The molecule has 1 aliphatic rings. The van der Waals surface area contributed by atoms with Gasteiger partial charge < -0.3 is 10.6 Å². The molecule has 1 unspecified atom stereocenters. The fourth-order valence-electron chi connectivity index (χ4n) is 2.80. The van der Waals surface area contributed by atoms with Crippen molar-refractivity contribution < 1.29 is 4.79 Å². The van der Waals surface area contributed by atoms with Crippen LogP contribution in [0.1, 0.15) is 22.5 Å². The Kier molecular flexibility index (Phi) is 3.51. The zero-order valence-electron chi connectivity index (χ0n) is 12.6. The van der Waals surface area contributed by atoms with Crippen LogP contribution in [0.25, 0.3) is 0 Å². The van der Waals surface area contributed by atoms with Gasteiger partial charge in [0.25, 0.3) is 0 Å². The van der Waals surface area contributed by atoms with Gasteiger partial charge in [0, 0.05) is 13.6 Å². The zero-order valence-corrected chi connectivity index (χ0v) is 12.6. The molecule has 2 N–H and O–H groups in total. The Morgan fingerprint density at radius 3 is 2.71 bits per heavy atom. The van der Waals surface area contributed by atoms with Gasteiger partial charge in [-0.1, -0.05) is 24.3 Å². The minimum Gasteiger partial charge on any atom is -0.322 e. The molecule has 3 rings (SSSR count). The Morgan fingerprint density at radius 1 is 1.33 bits per heavy atom. The van der Waals surface area contributed by atoms with Crippen LogP contribution in [0, 0.1) is 13.8 Å². The summed E-state index contributed by atoms with van der Waals surface area (Å²) in [4.78, 5) is 12.5. The number of aromatic nitrogens is 2. The zero-order chi connectivity index (χ0) is 15.0. The summed E-state index contributed by atoms with van der Waals surface area (Å²) in [6.07, 6.45) is 0.723. The van der Waals surface area contributed by atoms with Gasteiger partial charge in [-0.2, -0.15) is 5.10 Å². The van der Waals surface area contributed by atoms with E-state index in [2.05, 4.69) is 27.9 Å². The summed E-state index contributed by atoms with van der Waals surface area (Å²) < 4.78 is 1.79. The second-order valence-electron chi connectivity index (χ2n) is 5.56. The monoisotopic (exact) mass is 284 g/mol. The van der Waals surface area contributed by atoms with E-state index in [9.17, 15) is 4.79 Å². The molecular weight excluding hydrogens is 264 g/mol. The Bertz CT molecular complexity index is 690. The van der Waals surface area contributed by atoms with Crippen molar-refractivity contribution in [1.29, 1.82) is 0 Å². The van der Waals surface area contributed by atoms with E-state index >= 15 is 0 Å². The van der Waals surface area contributed by atoms with Gasteiger partial charge in [0.15, 0.2) is 0 Å². The number of carbonyl (C=O) groups excluding carboxylic acids is 1. The summed E-state index contributed by atoms with van der Waals surface area (Å²) in [5.74, 6) is 0.00343. The van der Waals surface area contributed by atoms with Crippen LogP contribution in [-0.2, 0) is 24.8 Å². The minimum atomic E-state index is -0.195. The van der Waals surface area contributed by atoms with E-state index in [1.807, 2.05) is 33.0 Å². The fraction of sp³-hybridized carbons (Fsp3) is 0.375. The molecule has 0 bridgehead atoms. The van der Waals surface area contributed by atoms with Crippen LogP contribution >= 0.6 is 0 Å². The van der Waals surface area contributed by atoms with Gasteiger partial charge in [0.05, 0.1) is 23.1 Å². The Hall–Kier alpha value is -2.14. The number of nitrogens with one attached hydrogen (secondary N) is 2. The first-order chi connectivity index (χ1) is 10.1. The Balaban J connectivity index is 1.75.